The zero-order chi connectivity index (χ0) is 19.2. The van der Waals surface area contributed by atoms with Gasteiger partial charge in [0.1, 0.15) is 5.00 Å². The molecule has 1 saturated heterocycles. The number of hydrogen-bond acceptors (Lipinski definition) is 4. The summed E-state index contributed by atoms with van der Waals surface area (Å²) >= 11 is 7.49. The van der Waals surface area contributed by atoms with Gasteiger partial charge in [-0.05, 0) is 76.1 Å². The van der Waals surface area contributed by atoms with E-state index < -0.39 is 0 Å². The molecule has 0 unspecified atom stereocenters. The number of nitrogens with zero attached hydrogens (tertiary/aromatic N) is 1. The Morgan fingerprint density at radius 3 is 2.70 bits per heavy atom. The molecule has 1 N–H and O–H groups in total. The lowest BCUT2D eigenvalue weighted by Crippen LogP contribution is -2.45. The van der Waals surface area contributed by atoms with Gasteiger partial charge in [0.25, 0.3) is 0 Å². The average molecular weight is 409 g/mol. The van der Waals surface area contributed by atoms with E-state index in [0.29, 0.717) is 12.6 Å². The second kappa shape index (κ2) is 9.87. The quantitative estimate of drug-likeness (QED) is 0.523. The zero-order valence-electron chi connectivity index (χ0n) is 16.6. The number of esters is 1. The smallest absolute Gasteiger partial charge is 0.341 e. The molecular weight excluding hydrogens is 376 g/mol. The van der Waals surface area contributed by atoms with Crippen molar-refractivity contribution in [2.45, 2.75) is 84.1 Å². The minimum absolute atomic E-state index is 0.202. The van der Waals surface area contributed by atoms with Gasteiger partial charge in [0.15, 0.2) is 5.11 Å². The summed E-state index contributed by atoms with van der Waals surface area (Å²) in [6, 6.07) is 0.505. The van der Waals surface area contributed by atoms with E-state index >= 15 is 0 Å². The highest BCUT2D eigenvalue weighted by atomic mass is 32.1. The SMILES string of the molecule is CCOC(=O)c1c(NC(=S)N2CCCC[C@H]2CC)sc2c1CCCCCC2. The minimum Gasteiger partial charge on any atom is -0.462 e. The average Bonchev–Trinajstić information content (AvgIpc) is 2.98. The van der Waals surface area contributed by atoms with Gasteiger partial charge in [-0.2, -0.15) is 0 Å². The highest BCUT2D eigenvalue weighted by molar-refractivity contribution is 7.80. The Labute approximate surface area is 172 Å². The topological polar surface area (TPSA) is 41.6 Å². The number of nitrogens with one attached hydrogen (secondary N) is 1. The maximum Gasteiger partial charge on any atom is 0.341 e. The van der Waals surface area contributed by atoms with Crippen molar-refractivity contribution >= 4 is 39.6 Å². The number of rotatable bonds is 4. The number of carbonyl (C=O) groups is 1. The van der Waals surface area contributed by atoms with Gasteiger partial charge in [-0.3, -0.25) is 0 Å². The number of carbonyl (C=O) groups excluding carboxylic acids is 1. The summed E-state index contributed by atoms with van der Waals surface area (Å²) in [5, 5.41) is 5.12. The van der Waals surface area contributed by atoms with Crippen LogP contribution < -0.4 is 5.32 Å². The first kappa shape index (κ1) is 20.6. The summed E-state index contributed by atoms with van der Waals surface area (Å²) in [5.41, 5.74) is 1.94. The summed E-state index contributed by atoms with van der Waals surface area (Å²) in [4.78, 5) is 16.4. The molecule has 2 aliphatic rings. The molecule has 0 aromatic carbocycles. The minimum atomic E-state index is -0.202. The van der Waals surface area contributed by atoms with Crippen LogP contribution in [0, 0.1) is 0 Å². The molecule has 0 bridgehead atoms. The molecule has 1 atom stereocenters. The molecule has 150 valence electrons. The van der Waals surface area contributed by atoms with E-state index in [-0.39, 0.29) is 5.97 Å². The summed E-state index contributed by atoms with van der Waals surface area (Å²) in [5.74, 6) is -0.202. The molecule has 6 heteroatoms. The Morgan fingerprint density at radius 1 is 1.19 bits per heavy atom. The lowest BCUT2D eigenvalue weighted by Gasteiger charge is -2.37. The zero-order valence-corrected chi connectivity index (χ0v) is 18.3. The molecule has 0 amide bonds. The fourth-order valence-electron chi connectivity index (χ4n) is 4.29. The van der Waals surface area contributed by atoms with E-state index in [1.54, 1.807) is 11.3 Å². The predicted octanol–water partition coefficient (Wildman–Crippen LogP) is 5.55. The van der Waals surface area contributed by atoms with Crippen LogP contribution in [0.15, 0.2) is 0 Å². The van der Waals surface area contributed by atoms with E-state index in [1.807, 2.05) is 6.92 Å². The molecular formula is C21H32N2O2S2. The lowest BCUT2D eigenvalue weighted by atomic mass is 9.96. The molecule has 3 rings (SSSR count). The van der Waals surface area contributed by atoms with E-state index in [2.05, 4.69) is 17.1 Å². The van der Waals surface area contributed by atoms with Gasteiger partial charge in [0.2, 0.25) is 0 Å². The Morgan fingerprint density at radius 2 is 1.96 bits per heavy atom. The first-order valence-electron chi connectivity index (χ1n) is 10.5. The number of ether oxygens (including phenoxy) is 1. The number of thiophene rings is 1. The van der Waals surface area contributed by atoms with Crippen LogP contribution in [0.1, 0.15) is 86.0 Å². The molecule has 1 aromatic heterocycles. The number of thiocarbonyl (C=S) groups is 1. The molecule has 0 radical (unpaired) electrons. The third-order valence-corrected chi connectivity index (χ3v) is 7.27. The Balaban J connectivity index is 1.87. The van der Waals surface area contributed by atoms with Gasteiger partial charge in [-0.25, -0.2) is 4.79 Å². The molecule has 4 nitrogen and oxygen atoms in total. The van der Waals surface area contributed by atoms with E-state index in [1.165, 1.54) is 49.0 Å². The van der Waals surface area contributed by atoms with Gasteiger partial charge in [-0.15, -0.1) is 11.3 Å². The fourth-order valence-corrected chi connectivity index (χ4v) is 5.97. The number of fused-ring (bicyclic) bond motifs is 1. The first-order valence-corrected chi connectivity index (χ1v) is 11.8. The maximum atomic E-state index is 12.8. The van der Waals surface area contributed by atoms with Gasteiger partial charge in [0.05, 0.1) is 12.2 Å². The van der Waals surface area contributed by atoms with Crippen molar-refractivity contribution in [2.24, 2.45) is 0 Å². The third kappa shape index (κ3) is 4.83. The number of aryl methyl sites for hydroxylation is 1. The van der Waals surface area contributed by atoms with Gasteiger partial charge in [-0.1, -0.05) is 19.8 Å². The first-order chi connectivity index (χ1) is 13.2. The van der Waals surface area contributed by atoms with Gasteiger partial charge in [0, 0.05) is 17.5 Å². The number of anilines is 1. The molecule has 0 saturated carbocycles. The molecule has 1 aliphatic heterocycles. The second-order valence-corrected chi connectivity index (χ2v) is 9.02. The van der Waals surface area contributed by atoms with Crippen LogP contribution in [0.3, 0.4) is 0 Å². The molecule has 0 spiro atoms. The lowest BCUT2D eigenvalue weighted by molar-refractivity contribution is 0.0526. The van der Waals surface area contributed by atoms with Crippen molar-refractivity contribution < 1.29 is 9.53 Å². The second-order valence-electron chi connectivity index (χ2n) is 7.52. The summed E-state index contributed by atoms with van der Waals surface area (Å²) < 4.78 is 5.41. The van der Waals surface area contributed by atoms with Crippen LogP contribution in [-0.2, 0) is 17.6 Å². The van der Waals surface area contributed by atoms with Gasteiger partial charge < -0.3 is 15.0 Å². The third-order valence-electron chi connectivity index (χ3n) is 5.73. The maximum absolute atomic E-state index is 12.8. The van der Waals surface area contributed by atoms with E-state index in [0.717, 1.165) is 47.9 Å². The van der Waals surface area contributed by atoms with Crippen LogP contribution >= 0.6 is 23.6 Å². The standard InChI is InChI=1S/C21H32N2O2S2/c1-3-15-11-9-10-14-23(15)21(26)22-19-18(20(24)25-4-2)16-12-7-5-6-8-13-17(16)27-19/h15H,3-14H2,1-2H3,(H,22,26)/t15-/m1/s1. The Hall–Kier alpha value is -1.14. The number of likely N-dealkylation sites (tertiary alicyclic amines) is 1. The van der Waals surface area contributed by atoms with Crippen LogP contribution in [-0.4, -0.2) is 35.2 Å². The van der Waals surface area contributed by atoms with Crippen molar-refractivity contribution in [3.8, 4) is 0 Å². The van der Waals surface area contributed by atoms with Crippen molar-refractivity contribution in [1.82, 2.24) is 4.90 Å². The number of piperidine rings is 1. The van der Waals surface area contributed by atoms with Crippen molar-refractivity contribution in [3.05, 3.63) is 16.0 Å². The summed E-state index contributed by atoms with van der Waals surface area (Å²) in [6.07, 6.45) is 11.6. The highest BCUT2D eigenvalue weighted by Crippen LogP contribution is 2.38. The van der Waals surface area contributed by atoms with Crippen molar-refractivity contribution in [3.63, 3.8) is 0 Å². The van der Waals surface area contributed by atoms with Crippen LogP contribution in [0.2, 0.25) is 0 Å². The summed E-state index contributed by atoms with van der Waals surface area (Å²) in [6.45, 7) is 5.50. The predicted molar refractivity (Wildman–Crippen MR) is 117 cm³/mol. The summed E-state index contributed by atoms with van der Waals surface area (Å²) in [7, 11) is 0. The van der Waals surface area contributed by atoms with Crippen molar-refractivity contribution in [2.75, 3.05) is 18.5 Å². The molecule has 1 aromatic rings. The van der Waals surface area contributed by atoms with E-state index in [4.69, 9.17) is 17.0 Å². The van der Waals surface area contributed by atoms with Gasteiger partial charge >= 0.3 is 5.97 Å². The Bertz CT molecular complexity index is 671. The van der Waals surface area contributed by atoms with E-state index in [9.17, 15) is 4.79 Å². The van der Waals surface area contributed by atoms with Crippen LogP contribution in [0.5, 0.6) is 0 Å². The molecule has 1 aliphatic carbocycles. The highest BCUT2D eigenvalue weighted by Gasteiger charge is 2.28. The molecule has 1 fully saturated rings. The normalized spacial score (nSPS) is 20.4. The number of hydrogen-bond donors (Lipinski definition) is 1. The van der Waals surface area contributed by atoms with Crippen molar-refractivity contribution in [1.29, 1.82) is 0 Å². The largest absolute Gasteiger partial charge is 0.462 e. The monoisotopic (exact) mass is 408 g/mol. The Kier molecular flexibility index (Phi) is 7.53. The molecule has 2 heterocycles. The molecule has 27 heavy (non-hydrogen) atoms. The van der Waals surface area contributed by atoms with Crippen LogP contribution in [0.4, 0.5) is 5.00 Å². The fraction of sp³-hybridized carbons (Fsp3) is 0.714. The van der Waals surface area contributed by atoms with Crippen LogP contribution in [0.25, 0.3) is 0 Å².